The summed E-state index contributed by atoms with van der Waals surface area (Å²) in [5, 5.41) is 3.32. The number of anilines is 1. The molecule has 0 radical (unpaired) electrons. The molecule has 2 aromatic carbocycles. The summed E-state index contributed by atoms with van der Waals surface area (Å²) in [5.74, 6) is -0.230. The van der Waals surface area contributed by atoms with E-state index in [0.717, 1.165) is 12.8 Å². The first-order valence-corrected chi connectivity index (χ1v) is 6.52. The highest BCUT2D eigenvalue weighted by atomic mass is 19.1. The Balaban J connectivity index is 1.89. The lowest BCUT2D eigenvalue weighted by atomic mass is 9.95. The molecule has 98 valence electrons. The maximum absolute atomic E-state index is 13.8. The van der Waals surface area contributed by atoms with Crippen molar-refractivity contribution in [2.45, 2.75) is 18.4 Å². The van der Waals surface area contributed by atoms with E-state index >= 15 is 0 Å². The smallest absolute Gasteiger partial charge is 0.146 e. The second kappa shape index (κ2) is 4.67. The Hall–Kier alpha value is -1.87. The minimum Gasteiger partial charge on any atom is -0.375 e. The molecular formula is C16H17FN2. The van der Waals surface area contributed by atoms with Crippen LogP contribution in [0.5, 0.6) is 0 Å². The van der Waals surface area contributed by atoms with Crippen molar-refractivity contribution >= 4 is 5.69 Å². The van der Waals surface area contributed by atoms with E-state index in [4.69, 9.17) is 5.73 Å². The molecule has 0 saturated carbocycles. The van der Waals surface area contributed by atoms with Crippen molar-refractivity contribution in [1.82, 2.24) is 0 Å². The predicted octanol–water partition coefficient (Wildman–Crippen LogP) is 2.73. The van der Waals surface area contributed by atoms with Crippen LogP contribution in [-0.4, -0.2) is 12.1 Å². The summed E-state index contributed by atoms with van der Waals surface area (Å²) in [4.78, 5) is 0. The summed E-state index contributed by atoms with van der Waals surface area (Å²) in [6.07, 6.45) is 1.68. The van der Waals surface area contributed by atoms with Crippen molar-refractivity contribution < 1.29 is 4.39 Å². The third-order valence-electron chi connectivity index (χ3n) is 3.84. The van der Waals surface area contributed by atoms with Gasteiger partial charge in [-0.1, -0.05) is 36.4 Å². The van der Waals surface area contributed by atoms with Crippen LogP contribution in [0.1, 0.15) is 11.1 Å². The molecule has 0 amide bonds. The van der Waals surface area contributed by atoms with Gasteiger partial charge in [0.2, 0.25) is 0 Å². The predicted molar refractivity (Wildman–Crippen MR) is 75.7 cm³/mol. The number of halogens is 1. The summed E-state index contributed by atoms with van der Waals surface area (Å²) in [7, 11) is 0. The topological polar surface area (TPSA) is 38.0 Å². The maximum atomic E-state index is 13.8. The molecule has 1 aliphatic rings. The highest BCUT2D eigenvalue weighted by molar-refractivity contribution is 5.50. The van der Waals surface area contributed by atoms with E-state index in [0.29, 0.717) is 12.2 Å². The number of para-hydroxylation sites is 1. The third kappa shape index (κ3) is 2.22. The van der Waals surface area contributed by atoms with Crippen molar-refractivity contribution in [3.05, 3.63) is 65.5 Å². The highest BCUT2D eigenvalue weighted by Gasteiger charge is 2.36. The van der Waals surface area contributed by atoms with Crippen LogP contribution in [0.2, 0.25) is 0 Å². The number of hydrogen-bond acceptors (Lipinski definition) is 2. The molecule has 0 aliphatic heterocycles. The molecule has 19 heavy (non-hydrogen) atoms. The van der Waals surface area contributed by atoms with Gasteiger partial charge in [0, 0.05) is 6.54 Å². The Morgan fingerprint density at radius 2 is 1.58 bits per heavy atom. The van der Waals surface area contributed by atoms with Crippen LogP contribution in [-0.2, 0) is 12.8 Å². The molecular weight excluding hydrogens is 239 g/mol. The van der Waals surface area contributed by atoms with E-state index < -0.39 is 0 Å². The van der Waals surface area contributed by atoms with Crippen LogP contribution in [0, 0.1) is 5.82 Å². The Kier molecular flexibility index (Phi) is 2.99. The van der Waals surface area contributed by atoms with Crippen molar-refractivity contribution in [3.63, 3.8) is 0 Å². The van der Waals surface area contributed by atoms with Gasteiger partial charge in [-0.25, -0.2) is 4.39 Å². The summed E-state index contributed by atoms with van der Waals surface area (Å²) in [6, 6.07) is 15.1. The number of benzene rings is 2. The average Bonchev–Trinajstić information content (AvgIpc) is 2.80. The molecule has 0 saturated heterocycles. The van der Waals surface area contributed by atoms with Gasteiger partial charge in [0.1, 0.15) is 5.82 Å². The molecule has 0 unspecified atom stereocenters. The third-order valence-corrected chi connectivity index (χ3v) is 3.84. The van der Waals surface area contributed by atoms with E-state index in [1.807, 2.05) is 18.2 Å². The lowest BCUT2D eigenvalue weighted by Crippen LogP contribution is -2.46. The monoisotopic (exact) mass is 256 g/mol. The SMILES string of the molecule is NCC1(Nc2ccccc2F)Cc2ccccc2C1. The first-order valence-electron chi connectivity index (χ1n) is 6.52. The summed E-state index contributed by atoms with van der Waals surface area (Å²) >= 11 is 0. The Bertz CT molecular complexity index is 570. The van der Waals surface area contributed by atoms with Crippen molar-refractivity contribution in [1.29, 1.82) is 0 Å². The van der Waals surface area contributed by atoms with E-state index in [-0.39, 0.29) is 11.4 Å². The fraction of sp³-hybridized carbons (Fsp3) is 0.250. The zero-order valence-corrected chi connectivity index (χ0v) is 10.7. The minimum absolute atomic E-state index is 0.230. The molecule has 1 aliphatic carbocycles. The van der Waals surface area contributed by atoms with Crippen LogP contribution in [0.3, 0.4) is 0 Å². The lowest BCUT2D eigenvalue weighted by Gasteiger charge is -2.30. The number of nitrogens with one attached hydrogen (secondary N) is 1. The summed E-state index contributed by atoms with van der Waals surface area (Å²) < 4.78 is 13.8. The molecule has 0 heterocycles. The van der Waals surface area contributed by atoms with Gasteiger partial charge in [-0.15, -0.1) is 0 Å². The van der Waals surface area contributed by atoms with E-state index in [1.165, 1.54) is 17.2 Å². The first kappa shape index (κ1) is 12.2. The Morgan fingerprint density at radius 3 is 2.16 bits per heavy atom. The molecule has 3 rings (SSSR count). The van der Waals surface area contributed by atoms with Crippen LogP contribution in [0.15, 0.2) is 48.5 Å². The average molecular weight is 256 g/mol. The number of fused-ring (bicyclic) bond motifs is 1. The molecule has 0 aromatic heterocycles. The molecule has 0 fully saturated rings. The number of rotatable bonds is 3. The standard InChI is InChI=1S/C16H17FN2/c17-14-7-3-4-8-15(14)19-16(11-18)9-12-5-1-2-6-13(12)10-16/h1-8,19H,9-11,18H2. The number of nitrogens with two attached hydrogens (primary N) is 1. The Labute approximate surface area is 112 Å². The molecule has 3 heteroatoms. The van der Waals surface area contributed by atoms with Gasteiger partial charge >= 0.3 is 0 Å². The molecule has 0 bridgehead atoms. The van der Waals surface area contributed by atoms with Crippen molar-refractivity contribution in [2.75, 3.05) is 11.9 Å². The van der Waals surface area contributed by atoms with Gasteiger partial charge in [0.05, 0.1) is 11.2 Å². The summed E-state index contributed by atoms with van der Waals surface area (Å²) in [5.41, 5.74) is 8.82. The van der Waals surface area contributed by atoms with Gasteiger partial charge in [-0.3, -0.25) is 0 Å². The molecule has 3 N–H and O–H groups in total. The highest BCUT2D eigenvalue weighted by Crippen LogP contribution is 2.32. The summed E-state index contributed by atoms with van der Waals surface area (Å²) in [6.45, 7) is 0.482. The molecule has 2 nitrogen and oxygen atoms in total. The molecule has 2 aromatic rings. The molecule has 0 spiro atoms. The van der Waals surface area contributed by atoms with Crippen LogP contribution >= 0.6 is 0 Å². The van der Waals surface area contributed by atoms with Gasteiger partial charge < -0.3 is 11.1 Å². The second-order valence-corrected chi connectivity index (χ2v) is 5.21. The maximum Gasteiger partial charge on any atom is 0.146 e. The quantitative estimate of drug-likeness (QED) is 0.886. The lowest BCUT2D eigenvalue weighted by molar-refractivity contribution is 0.498. The van der Waals surface area contributed by atoms with Gasteiger partial charge in [-0.2, -0.15) is 0 Å². The van der Waals surface area contributed by atoms with E-state index in [9.17, 15) is 4.39 Å². The zero-order valence-electron chi connectivity index (χ0n) is 10.7. The van der Waals surface area contributed by atoms with Crippen molar-refractivity contribution in [3.8, 4) is 0 Å². The van der Waals surface area contributed by atoms with Crippen LogP contribution < -0.4 is 11.1 Å². The van der Waals surface area contributed by atoms with Gasteiger partial charge in [0.25, 0.3) is 0 Å². The number of hydrogen-bond donors (Lipinski definition) is 2. The Morgan fingerprint density at radius 1 is 1.00 bits per heavy atom. The van der Waals surface area contributed by atoms with Gasteiger partial charge in [0.15, 0.2) is 0 Å². The fourth-order valence-electron chi connectivity index (χ4n) is 2.83. The van der Waals surface area contributed by atoms with E-state index in [2.05, 4.69) is 17.4 Å². The van der Waals surface area contributed by atoms with Crippen LogP contribution in [0.25, 0.3) is 0 Å². The second-order valence-electron chi connectivity index (χ2n) is 5.21. The van der Waals surface area contributed by atoms with Crippen LogP contribution in [0.4, 0.5) is 10.1 Å². The van der Waals surface area contributed by atoms with E-state index in [1.54, 1.807) is 12.1 Å². The first-order chi connectivity index (χ1) is 9.22. The minimum atomic E-state index is -0.272. The van der Waals surface area contributed by atoms with Crippen molar-refractivity contribution in [2.24, 2.45) is 5.73 Å². The molecule has 0 atom stereocenters. The fourth-order valence-corrected chi connectivity index (χ4v) is 2.83. The zero-order chi connectivity index (χ0) is 13.3. The largest absolute Gasteiger partial charge is 0.375 e. The normalized spacial score (nSPS) is 16.1. The van der Waals surface area contributed by atoms with Gasteiger partial charge in [-0.05, 0) is 36.1 Å².